The van der Waals surface area contributed by atoms with Crippen molar-refractivity contribution in [2.75, 3.05) is 12.9 Å². The van der Waals surface area contributed by atoms with Crippen LogP contribution in [0.4, 0.5) is 0 Å². The molecule has 1 aromatic carbocycles. The van der Waals surface area contributed by atoms with Gasteiger partial charge in [-0.2, -0.15) is 0 Å². The van der Waals surface area contributed by atoms with Crippen LogP contribution >= 0.6 is 11.8 Å². The number of nitrogens with one attached hydrogen (secondary N) is 1. The summed E-state index contributed by atoms with van der Waals surface area (Å²) in [6, 6.07) is 7.83. The Bertz CT molecular complexity index is 480. The zero-order valence-electron chi connectivity index (χ0n) is 11.9. The molecule has 0 saturated carbocycles. The van der Waals surface area contributed by atoms with E-state index in [9.17, 15) is 9.59 Å². The van der Waals surface area contributed by atoms with Gasteiger partial charge in [0.1, 0.15) is 0 Å². The molecule has 0 saturated heterocycles. The summed E-state index contributed by atoms with van der Waals surface area (Å²) >= 11 is 1.66. The molecule has 0 aliphatic rings. The number of carbonyl (C=O) groups is 2. The van der Waals surface area contributed by atoms with Crippen LogP contribution in [0.2, 0.25) is 0 Å². The first kappa shape index (κ1) is 16.3. The molecule has 4 nitrogen and oxygen atoms in total. The molecule has 1 aromatic rings. The molecule has 5 heteroatoms. The maximum absolute atomic E-state index is 11.4. The summed E-state index contributed by atoms with van der Waals surface area (Å²) in [5.74, 6) is -0.830. The molecule has 0 unspecified atom stereocenters. The summed E-state index contributed by atoms with van der Waals surface area (Å²) in [6.07, 6.45) is 4.98. The number of rotatable bonds is 6. The molecule has 0 heterocycles. The fourth-order valence-corrected chi connectivity index (χ4v) is 1.84. The van der Waals surface area contributed by atoms with Crippen LogP contribution in [0, 0.1) is 0 Å². The van der Waals surface area contributed by atoms with E-state index in [0.717, 1.165) is 10.5 Å². The van der Waals surface area contributed by atoms with E-state index in [1.165, 1.54) is 6.08 Å². The highest BCUT2D eigenvalue weighted by molar-refractivity contribution is 7.98. The minimum Gasteiger partial charge on any atom is -0.452 e. The largest absolute Gasteiger partial charge is 0.452 e. The molecule has 20 heavy (non-hydrogen) atoms. The zero-order chi connectivity index (χ0) is 15.0. The SMILES string of the molecule is CSc1ccc(/C=C/C(=O)OCC(=O)NC(C)C)cc1. The summed E-state index contributed by atoms with van der Waals surface area (Å²) in [6.45, 7) is 3.43. The first-order chi connectivity index (χ1) is 9.51. The van der Waals surface area contributed by atoms with Gasteiger partial charge in [0.05, 0.1) is 0 Å². The summed E-state index contributed by atoms with van der Waals surface area (Å²) in [4.78, 5) is 23.9. The van der Waals surface area contributed by atoms with E-state index in [1.54, 1.807) is 17.8 Å². The first-order valence-electron chi connectivity index (χ1n) is 6.29. The van der Waals surface area contributed by atoms with Crippen molar-refractivity contribution in [2.24, 2.45) is 0 Å². The number of ether oxygens (including phenoxy) is 1. The summed E-state index contributed by atoms with van der Waals surface area (Å²) in [5.41, 5.74) is 0.909. The molecule has 0 aliphatic carbocycles. The standard InChI is InChI=1S/C15H19NO3S/c1-11(2)16-14(17)10-19-15(18)9-6-12-4-7-13(20-3)8-5-12/h4-9,11H,10H2,1-3H3,(H,16,17)/b9-6+. The number of amides is 1. The minimum absolute atomic E-state index is 0.0340. The van der Waals surface area contributed by atoms with E-state index < -0.39 is 5.97 Å². The lowest BCUT2D eigenvalue weighted by atomic mass is 10.2. The second-order valence-corrected chi connectivity index (χ2v) is 5.32. The number of esters is 1. The predicted molar refractivity (Wildman–Crippen MR) is 81.5 cm³/mol. The quantitative estimate of drug-likeness (QED) is 0.497. The van der Waals surface area contributed by atoms with Crippen molar-refractivity contribution in [1.29, 1.82) is 0 Å². The van der Waals surface area contributed by atoms with E-state index in [4.69, 9.17) is 4.74 Å². The van der Waals surface area contributed by atoms with E-state index in [2.05, 4.69) is 5.32 Å². The lowest BCUT2D eigenvalue weighted by Crippen LogP contribution is -2.33. The maximum atomic E-state index is 11.4. The predicted octanol–water partition coefficient (Wildman–Crippen LogP) is 2.49. The Morgan fingerprint density at radius 1 is 1.30 bits per heavy atom. The smallest absolute Gasteiger partial charge is 0.331 e. The van der Waals surface area contributed by atoms with Crippen LogP contribution in [0.15, 0.2) is 35.2 Å². The normalized spacial score (nSPS) is 10.8. The van der Waals surface area contributed by atoms with Gasteiger partial charge >= 0.3 is 5.97 Å². The van der Waals surface area contributed by atoms with Crippen LogP contribution in [0.5, 0.6) is 0 Å². The molecule has 108 valence electrons. The second-order valence-electron chi connectivity index (χ2n) is 4.44. The van der Waals surface area contributed by atoms with Crippen LogP contribution in [-0.2, 0) is 14.3 Å². The minimum atomic E-state index is -0.530. The van der Waals surface area contributed by atoms with Gasteiger partial charge in [0.15, 0.2) is 6.61 Å². The van der Waals surface area contributed by atoms with Crippen molar-refractivity contribution >= 4 is 29.7 Å². The van der Waals surface area contributed by atoms with Gasteiger partial charge in [0.25, 0.3) is 5.91 Å². The van der Waals surface area contributed by atoms with Gasteiger partial charge in [-0.25, -0.2) is 4.79 Å². The van der Waals surface area contributed by atoms with Gasteiger partial charge in [0.2, 0.25) is 0 Å². The van der Waals surface area contributed by atoms with Gasteiger partial charge in [-0.15, -0.1) is 11.8 Å². The van der Waals surface area contributed by atoms with Gasteiger partial charge in [0, 0.05) is 17.0 Å². The third-order valence-corrected chi connectivity index (χ3v) is 3.07. The molecule has 0 bridgehead atoms. The lowest BCUT2D eigenvalue weighted by molar-refractivity contribution is -0.143. The van der Waals surface area contributed by atoms with Crippen LogP contribution in [0.25, 0.3) is 6.08 Å². The van der Waals surface area contributed by atoms with Gasteiger partial charge in [-0.05, 0) is 43.9 Å². The summed E-state index contributed by atoms with van der Waals surface area (Å²) in [7, 11) is 0. The first-order valence-corrected chi connectivity index (χ1v) is 7.52. The molecule has 0 radical (unpaired) electrons. The Kier molecular flexibility index (Phi) is 6.87. The fraction of sp³-hybridized carbons (Fsp3) is 0.333. The highest BCUT2D eigenvalue weighted by Gasteiger charge is 2.05. The molecule has 1 N–H and O–H groups in total. The molecular weight excluding hydrogens is 274 g/mol. The van der Waals surface area contributed by atoms with Crippen molar-refractivity contribution in [1.82, 2.24) is 5.32 Å². The topological polar surface area (TPSA) is 55.4 Å². The number of hydrogen-bond donors (Lipinski definition) is 1. The van der Waals surface area contributed by atoms with E-state index in [0.29, 0.717) is 0 Å². The number of hydrogen-bond acceptors (Lipinski definition) is 4. The van der Waals surface area contributed by atoms with Crippen LogP contribution in [0.3, 0.4) is 0 Å². The summed E-state index contributed by atoms with van der Waals surface area (Å²) in [5, 5.41) is 2.64. The van der Waals surface area contributed by atoms with Crippen molar-refractivity contribution in [3.8, 4) is 0 Å². The molecule has 1 rings (SSSR count). The molecule has 1 amide bonds. The molecule has 0 atom stereocenters. The molecule has 0 aromatic heterocycles. The zero-order valence-corrected chi connectivity index (χ0v) is 12.7. The molecule has 0 spiro atoms. The van der Waals surface area contributed by atoms with Crippen molar-refractivity contribution in [2.45, 2.75) is 24.8 Å². The molecule has 0 fully saturated rings. The number of thioether (sulfide) groups is 1. The monoisotopic (exact) mass is 293 g/mol. The van der Waals surface area contributed by atoms with E-state index >= 15 is 0 Å². The van der Waals surface area contributed by atoms with Crippen LogP contribution in [0.1, 0.15) is 19.4 Å². The molecule has 0 aliphatic heterocycles. The fourth-order valence-electron chi connectivity index (χ4n) is 1.43. The average molecular weight is 293 g/mol. The maximum Gasteiger partial charge on any atom is 0.331 e. The highest BCUT2D eigenvalue weighted by Crippen LogP contribution is 2.15. The third-order valence-electron chi connectivity index (χ3n) is 2.32. The lowest BCUT2D eigenvalue weighted by Gasteiger charge is -2.07. The summed E-state index contributed by atoms with van der Waals surface area (Å²) < 4.78 is 4.83. The Morgan fingerprint density at radius 2 is 1.95 bits per heavy atom. The van der Waals surface area contributed by atoms with Crippen molar-refractivity contribution < 1.29 is 14.3 Å². The highest BCUT2D eigenvalue weighted by atomic mass is 32.2. The Hall–Kier alpha value is -1.75. The second kappa shape index (κ2) is 8.43. The van der Waals surface area contributed by atoms with Gasteiger partial charge < -0.3 is 10.1 Å². The Labute approximate surface area is 123 Å². The van der Waals surface area contributed by atoms with E-state index in [1.807, 2.05) is 44.4 Å². The Balaban J connectivity index is 2.41. The van der Waals surface area contributed by atoms with E-state index in [-0.39, 0.29) is 18.6 Å². The number of benzene rings is 1. The third kappa shape index (κ3) is 6.43. The van der Waals surface area contributed by atoms with Gasteiger partial charge in [-0.1, -0.05) is 12.1 Å². The van der Waals surface area contributed by atoms with Gasteiger partial charge in [-0.3, -0.25) is 4.79 Å². The van der Waals surface area contributed by atoms with Crippen molar-refractivity contribution in [3.63, 3.8) is 0 Å². The Morgan fingerprint density at radius 3 is 2.50 bits per heavy atom. The van der Waals surface area contributed by atoms with Crippen LogP contribution in [-0.4, -0.2) is 30.8 Å². The number of carbonyl (C=O) groups excluding carboxylic acids is 2. The van der Waals surface area contributed by atoms with Crippen LogP contribution < -0.4 is 5.32 Å². The molecular formula is C15H19NO3S. The average Bonchev–Trinajstić information content (AvgIpc) is 2.42. The van der Waals surface area contributed by atoms with Crippen molar-refractivity contribution in [3.05, 3.63) is 35.9 Å².